The molecule has 100 valence electrons. The summed E-state index contributed by atoms with van der Waals surface area (Å²) in [4.78, 5) is 8.68. The highest BCUT2D eigenvalue weighted by Gasteiger charge is 2.12. The second-order valence-electron chi connectivity index (χ2n) is 5.36. The van der Waals surface area contributed by atoms with Crippen LogP contribution in [0.3, 0.4) is 0 Å². The molecule has 0 saturated heterocycles. The first-order chi connectivity index (χ1) is 8.94. The van der Waals surface area contributed by atoms with E-state index >= 15 is 0 Å². The molecule has 19 heavy (non-hydrogen) atoms. The number of aromatic nitrogens is 2. The minimum Gasteiger partial charge on any atom is -0.326 e. The van der Waals surface area contributed by atoms with Crippen LogP contribution < -0.4 is 5.73 Å². The van der Waals surface area contributed by atoms with Crippen LogP contribution in [0.5, 0.6) is 0 Å². The molecule has 3 nitrogen and oxygen atoms in total. The molecule has 4 heteroatoms. The van der Waals surface area contributed by atoms with E-state index in [1.807, 2.05) is 19.9 Å². The number of rotatable bonds is 4. The Balaban J connectivity index is 2.20. The standard InChI is InChI=1S/C15H18FN3/c1-15(2,17)8-6-14-18-9-7-13(19-14)11-4-3-5-12(16)10-11/h3-5,7,9-10H,6,8,17H2,1-2H3. The van der Waals surface area contributed by atoms with Crippen LogP contribution in [0.2, 0.25) is 0 Å². The second kappa shape index (κ2) is 5.45. The van der Waals surface area contributed by atoms with Crippen LogP contribution in [0.1, 0.15) is 26.1 Å². The maximum Gasteiger partial charge on any atom is 0.129 e. The van der Waals surface area contributed by atoms with Gasteiger partial charge in [0.25, 0.3) is 0 Å². The molecule has 0 aliphatic rings. The monoisotopic (exact) mass is 259 g/mol. The molecule has 0 saturated carbocycles. The number of halogens is 1. The molecule has 1 heterocycles. The summed E-state index contributed by atoms with van der Waals surface area (Å²) in [6.45, 7) is 3.95. The van der Waals surface area contributed by atoms with E-state index in [4.69, 9.17) is 5.73 Å². The summed E-state index contributed by atoms with van der Waals surface area (Å²) in [7, 11) is 0. The van der Waals surface area contributed by atoms with E-state index < -0.39 is 0 Å². The highest BCUT2D eigenvalue weighted by atomic mass is 19.1. The van der Waals surface area contributed by atoms with Gasteiger partial charge in [-0.1, -0.05) is 12.1 Å². The van der Waals surface area contributed by atoms with Crippen molar-refractivity contribution in [1.29, 1.82) is 0 Å². The van der Waals surface area contributed by atoms with Crippen LogP contribution in [0.4, 0.5) is 4.39 Å². The predicted molar refractivity (Wildman–Crippen MR) is 74.0 cm³/mol. The van der Waals surface area contributed by atoms with Gasteiger partial charge in [-0.3, -0.25) is 0 Å². The Kier molecular flexibility index (Phi) is 3.90. The van der Waals surface area contributed by atoms with Crippen LogP contribution in [0.15, 0.2) is 36.5 Å². The van der Waals surface area contributed by atoms with E-state index in [2.05, 4.69) is 9.97 Å². The van der Waals surface area contributed by atoms with Crippen LogP contribution in [-0.2, 0) is 6.42 Å². The molecule has 0 fully saturated rings. The topological polar surface area (TPSA) is 51.8 Å². The lowest BCUT2D eigenvalue weighted by molar-refractivity contribution is 0.471. The number of nitrogens with zero attached hydrogens (tertiary/aromatic N) is 2. The van der Waals surface area contributed by atoms with Crippen LogP contribution in [0, 0.1) is 5.82 Å². The van der Waals surface area contributed by atoms with E-state index in [0.29, 0.717) is 6.42 Å². The lowest BCUT2D eigenvalue weighted by atomic mass is 10.00. The summed E-state index contributed by atoms with van der Waals surface area (Å²) in [5, 5.41) is 0. The number of hydrogen-bond acceptors (Lipinski definition) is 3. The molecule has 0 aliphatic carbocycles. The lowest BCUT2D eigenvalue weighted by Gasteiger charge is -2.17. The average molecular weight is 259 g/mol. The van der Waals surface area contributed by atoms with Crippen molar-refractivity contribution >= 4 is 0 Å². The van der Waals surface area contributed by atoms with Gasteiger partial charge in [0.15, 0.2) is 0 Å². The van der Waals surface area contributed by atoms with Gasteiger partial charge in [0.05, 0.1) is 5.69 Å². The minimum absolute atomic E-state index is 0.238. The molecule has 0 amide bonds. The molecule has 2 rings (SSSR count). The Labute approximate surface area is 112 Å². The normalized spacial score (nSPS) is 11.6. The summed E-state index contributed by atoms with van der Waals surface area (Å²) in [6.07, 6.45) is 3.22. The number of benzene rings is 1. The van der Waals surface area contributed by atoms with Crippen LogP contribution >= 0.6 is 0 Å². The Morgan fingerprint density at radius 3 is 2.74 bits per heavy atom. The molecule has 0 unspecified atom stereocenters. The number of aryl methyl sites for hydroxylation is 1. The zero-order valence-electron chi connectivity index (χ0n) is 11.2. The Hall–Kier alpha value is -1.81. The van der Waals surface area contributed by atoms with Crippen molar-refractivity contribution in [3.05, 3.63) is 48.2 Å². The molecular formula is C15H18FN3. The third-order valence-electron chi connectivity index (χ3n) is 2.82. The highest BCUT2D eigenvalue weighted by molar-refractivity contribution is 5.58. The van der Waals surface area contributed by atoms with Crippen molar-refractivity contribution in [3.63, 3.8) is 0 Å². The zero-order chi connectivity index (χ0) is 13.9. The molecule has 2 aromatic rings. The highest BCUT2D eigenvalue weighted by Crippen LogP contribution is 2.18. The van der Waals surface area contributed by atoms with Gasteiger partial charge in [-0.15, -0.1) is 0 Å². The van der Waals surface area contributed by atoms with Gasteiger partial charge in [-0.25, -0.2) is 14.4 Å². The van der Waals surface area contributed by atoms with E-state index in [1.54, 1.807) is 18.3 Å². The van der Waals surface area contributed by atoms with Crippen molar-refractivity contribution in [3.8, 4) is 11.3 Å². The summed E-state index contributed by atoms with van der Waals surface area (Å²) in [6, 6.07) is 8.19. The van der Waals surface area contributed by atoms with Crippen molar-refractivity contribution in [2.75, 3.05) is 0 Å². The average Bonchev–Trinajstić information content (AvgIpc) is 2.36. The third kappa shape index (κ3) is 4.10. The largest absolute Gasteiger partial charge is 0.326 e. The maximum atomic E-state index is 13.2. The first-order valence-corrected chi connectivity index (χ1v) is 6.31. The van der Waals surface area contributed by atoms with E-state index in [1.165, 1.54) is 12.1 Å². The zero-order valence-corrected chi connectivity index (χ0v) is 11.2. The van der Waals surface area contributed by atoms with Crippen molar-refractivity contribution in [1.82, 2.24) is 9.97 Å². The first kappa shape index (κ1) is 13.6. The van der Waals surface area contributed by atoms with Gasteiger partial charge in [0, 0.05) is 23.7 Å². The smallest absolute Gasteiger partial charge is 0.129 e. The first-order valence-electron chi connectivity index (χ1n) is 6.31. The lowest BCUT2D eigenvalue weighted by Crippen LogP contribution is -2.32. The van der Waals surface area contributed by atoms with Gasteiger partial charge in [0.1, 0.15) is 11.6 Å². The van der Waals surface area contributed by atoms with Crippen LogP contribution in [-0.4, -0.2) is 15.5 Å². The maximum absolute atomic E-state index is 13.2. The van der Waals surface area contributed by atoms with Gasteiger partial charge < -0.3 is 5.73 Å². The van der Waals surface area contributed by atoms with E-state index in [-0.39, 0.29) is 11.4 Å². The summed E-state index contributed by atoms with van der Waals surface area (Å²) in [5.74, 6) is 0.473. The van der Waals surface area contributed by atoms with Crippen molar-refractivity contribution in [2.24, 2.45) is 5.73 Å². The SMILES string of the molecule is CC(C)(N)CCc1nccc(-c2cccc(F)c2)n1. The van der Waals surface area contributed by atoms with Crippen molar-refractivity contribution in [2.45, 2.75) is 32.2 Å². The fourth-order valence-corrected chi connectivity index (χ4v) is 1.76. The van der Waals surface area contributed by atoms with Gasteiger partial charge >= 0.3 is 0 Å². The third-order valence-corrected chi connectivity index (χ3v) is 2.82. The van der Waals surface area contributed by atoms with Crippen LogP contribution in [0.25, 0.3) is 11.3 Å². The van der Waals surface area contributed by atoms with E-state index in [9.17, 15) is 4.39 Å². The summed E-state index contributed by atoms with van der Waals surface area (Å²) >= 11 is 0. The molecule has 0 radical (unpaired) electrons. The van der Waals surface area contributed by atoms with E-state index in [0.717, 1.165) is 23.5 Å². The Morgan fingerprint density at radius 2 is 2.05 bits per heavy atom. The quantitative estimate of drug-likeness (QED) is 0.918. The Bertz CT molecular complexity index is 561. The minimum atomic E-state index is -0.263. The predicted octanol–water partition coefficient (Wildman–Crippen LogP) is 2.95. The van der Waals surface area contributed by atoms with Gasteiger partial charge in [0.2, 0.25) is 0 Å². The fraction of sp³-hybridized carbons (Fsp3) is 0.333. The molecule has 1 aromatic carbocycles. The fourth-order valence-electron chi connectivity index (χ4n) is 1.76. The number of hydrogen-bond donors (Lipinski definition) is 1. The molecule has 1 aromatic heterocycles. The molecule has 0 spiro atoms. The molecule has 0 aliphatic heterocycles. The summed E-state index contributed by atoms with van der Waals surface area (Å²) < 4.78 is 13.2. The summed E-state index contributed by atoms with van der Waals surface area (Å²) in [5.41, 5.74) is 7.20. The molecule has 0 bridgehead atoms. The molecule has 0 atom stereocenters. The Morgan fingerprint density at radius 1 is 1.26 bits per heavy atom. The van der Waals surface area contributed by atoms with Crippen molar-refractivity contribution < 1.29 is 4.39 Å². The van der Waals surface area contributed by atoms with Gasteiger partial charge in [-0.2, -0.15) is 0 Å². The van der Waals surface area contributed by atoms with Gasteiger partial charge in [-0.05, 0) is 38.5 Å². The number of nitrogens with two attached hydrogens (primary N) is 1. The second-order valence-corrected chi connectivity index (χ2v) is 5.36. The molecular weight excluding hydrogens is 241 g/mol. The molecule has 2 N–H and O–H groups in total.